The van der Waals surface area contributed by atoms with Gasteiger partial charge in [0.1, 0.15) is 24.4 Å². The first kappa shape index (κ1) is 40.1. The number of rotatable bonds is 11. The standard InChI is InChI=1S/C35H52O14/c1-9-11-12-13-14-15-25(40)48-27-19(3)18-23-35(44,34(8,31(42)47-23)49-24(39)10-2)30(46-21(5)37)28-32(6,17-16-22(38)33(28,7)43)29(26(27)41)45-20(4)36/h16-18,22-23,26-30,38,41,43-44H,9-15H2,1-8H3/b19-18-/t22-,23+,26-,27?,28-,29+,30?,32+,33-,34-,35+/m1/s1. The van der Waals surface area contributed by atoms with Crippen molar-refractivity contribution >= 4 is 29.8 Å². The number of carbonyl (C=O) groups excluding carboxylic acids is 5. The number of ether oxygens (including phenoxy) is 5. The average Bonchev–Trinajstić information content (AvgIpc) is 3.19. The van der Waals surface area contributed by atoms with Crippen LogP contribution in [0.1, 0.15) is 100 Å². The molecule has 276 valence electrons. The fourth-order valence-corrected chi connectivity index (χ4v) is 7.42. The minimum Gasteiger partial charge on any atom is -0.459 e. The molecule has 2 aliphatic carbocycles. The van der Waals surface area contributed by atoms with Gasteiger partial charge in [0, 0.05) is 38.0 Å². The van der Waals surface area contributed by atoms with E-state index in [0.29, 0.717) is 6.42 Å². The van der Waals surface area contributed by atoms with E-state index < -0.39 is 94.6 Å². The van der Waals surface area contributed by atoms with Crippen molar-refractivity contribution in [2.45, 2.75) is 154 Å². The van der Waals surface area contributed by atoms with E-state index in [0.717, 1.165) is 46.5 Å². The molecule has 0 radical (unpaired) electrons. The van der Waals surface area contributed by atoms with Crippen molar-refractivity contribution in [2.75, 3.05) is 0 Å². The lowest BCUT2D eigenvalue weighted by Gasteiger charge is -2.57. The van der Waals surface area contributed by atoms with Crippen molar-refractivity contribution in [2.24, 2.45) is 11.3 Å². The fourth-order valence-electron chi connectivity index (χ4n) is 7.42. The Balaban J connectivity index is 2.39. The van der Waals surface area contributed by atoms with Crippen LogP contribution in [0.3, 0.4) is 0 Å². The molecule has 14 heteroatoms. The second-order valence-corrected chi connectivity index (χ2v) is 13.9. The summed E-state index contributed by atoms with van der Waals surface area (Å²) in [7, 11) is 0. The van der Waals surface area contributed by atoms with E-state index in [-0.39, 0.29) is 18.4 Å². The Morgan fingerprint density at radius 3 is 2.04 bits per heavy atom. The third-order valence-corrected chi connectivity index (χ3v) is 10.1. The average molecular weight is 697 g/mol. The molecule has 1 saturated heterocycles. The monoisotopic (exact) mass is 696 g/mol. The Morgan fingerprint density at radius 2 is 1.47 bits per heavy atom. The largest absolute Gasteiger partial charge is 0.459 e. The zero-order valence-electron chi connectivity index (χ0n) is 29.6. The summed E-state index contributed by atoms with van der Waals surface area (Å²) in [4.78, 5) is 65.1. The number of unbranched alkanes of at least 4 members (excludes halogenated alkanes) is 4. The van der Waals surface area contributed by atoms with Crippen LogP contribution in [-0.2, 0) is 47.7 Å². The van der Waals surface area contributed by atoms with Crippen LogP contribution in [0.5, 0.6) is 0 Å². The predicted molar refractivity (Wildman–Crippen MR) is 171 cm³/mol. The fraction of sp³-hybridized carbons (Fsp3) is 0.743. The van der Waals surface area contributed by atoms with Gasteiger partial charge in [0.2, 0.25) is 5.60 Å². The zero-order valence-corrected chi connectivity index (χ0v) is 29.6. The molecule has 0 amide bonds. The van der Waals surface area contributed by atoms with E-state index in [1.54, 1.807) is 0 Å². The first-order valence-corrected chi connectivity index (χ1v) is 16.9. The molecule has 0 spiro atoms. The molecule has 49 heavy (non-hydrogen) atoms. The number of aliphatic hydroxyl groups excluding tert-OH is 2. The number of hydrogen-bond acceptors (Lipinski definition) is 14. The van der Waals surface area contributed by atoms with Gasteiger partial charge in [0.05, 0.1) is 5.60 Å². The first-order chi connectivity index (χ1) is 22.7. The van der Waals surface area contributed by atoms with Crippen LogP contribution in [0.15, 0.2) is 23.8 Å². The van der Waals surface area contributed by atoms with Gasteiger partial charge >= 0.3 is 29.8 Å². The molecule has 14 nitrogen and oxygen atoms in total. The van der Waals surface area contributed by atoms with Crippen LogP contribution >= 0.6 is 0 Å². The highest BCUT2D eigenvalue weighted by atomic mass is 16.7. The molecular weight excluding hydrogens is 644 g/mol. The minimum absolute atomic E-state index is 0.00106. The van der Waals surface area contributed by atoms with Crippen molar-refractivity contribution in [3.05, 3.63) is 23.8 Å². The molecule has 0 aromatic heterocycles. The number of aliphatic hydroxyl groups is 4. The third-order valence-electron chi connectivity index (χ3n) is 10.1. The Labute approximate surface area is 286 Å². The van der Waals surface area contributed by atoms with E-state index in [1.165, 1.54) is 45.9 Å². The number of carbonyl (C=O) groups is 5. The van der Waals surface area contributed by atoms with E-state index in [2.05, 4.69) is 6.92 Å². The maximum absolute atomic E-state index is 13.7. The van der Waals surface area contributed by atoms with Crippen molar-refractivity contribution in [1.29, 1.82) is 0 Å². The summed E-state index contributed by atoms with van der Waals surface area (Å²) < 4.78 is 28.5. The number of hydrogen-bond donors (Lipinski definition) is 4. The summed E-state index contributed by atoms with van der Waals surface area (Å²) in [6, 6.07) is 0. The van der Waals surface area contributed by atoms with E-state index >= 15 is 0 Å². The second-order valence-electron chi connectivity index (χ2n) is 13.9. The minimum atomic E-state index is -2.83. The van der Waals surface area contributed by atoms with Crippen LogP contribution in [0.25, 0.3) is 0 Å². The van der Waals surface area contributed by atoms with E-state index in [1.807, 2.05) is 0 Å². The Kier molecular flexibility index (Phi) is 12.5. The number of esters is 5. The summed E-state index contributed by atoms with van der Waals surface area (Å²) in [6.45, 7) is 10.7. The Hall–Kier alpha value is -3.33. The molecule has 3 aliphatic rings. The highest BCUT2D eigenvalue weighted by Crippen LogP contribution is 2.56. The molecular formula is C35H52O14. The Morgan fingerprint density at radius 1 is 0.878 bits per heavy atom. The second kappa shape index (κ2) is 15.3. The lowest BCUT2D eigenvalue weighted by molar-refractivity contribution is -0.266. The molecule has 0 aromatic rings. The lowest BCUT2D eigenvalue weighted by Crippen LogP contribution is -2.74. The quantitative estimate of drug-likeness (QED) is 0.106. The zero-order chi connectivity index (χ0) is 37.1. The highest BCUT2D eigenvalue weighted by Gasteiger charge is 2.76. The van der Waals surface area contributed by atoms with E-state index in [9.17, 15) is 44.4 Å². The smallest absolute Gasteiger partial charge is 0.354 e. The highest BCUT2D eigenvalue weighted by molar-refractivity contribution is 5.88. The molecule has 1 heterocycles. The molecule has 1 fully saturated rings. The van der Waals surface area contributed by atoms with Gasteiger partial charge in [-0.15, -0.1) is 0 Å². The maximum Gasteiger partial charge on any atom is 0.354 e. The van der Waals surface area contributed by atoms with Gasteiger partial charge in [0.25, 0.3) is 0 Å². The summed E-state index contributed by atoms with van der Waals surface area (Å²) in [5, 5.41) is 48.1. The molecule has 0 saturated carbocycles. The van der Waals surface area contributed by atoms with Gasteiger partial charge in [-0.3, -0.25) is 19.2 Å². The van der Waals surface area contributed by atoms with Gasteiger partial charge in [-0.25, -0.2) is 4.79 Å². The molecule has 0 bridgehead atoms. The SMILES string of the molecule is CCCCCCCC(=O)OC1/C(C)=C\[C@@H]2OC(=O)[C@@](C)(OC(=O)CC)[C@@]2(O)C(OC(C)=O)[C@H]2[C@](C)(O)[C@H](O)C=C[C@]2(C)[C@@H](OC(C)=O)[C@@H]1O. The molecule has 3 rings (SSSR count). The van der Waals surface area contributed by atoms with Crippen molar-refractivity contribution < 1.29 is 68.1 Å². The van der Waals surface area contributed by atoms with Crippen molar-refractivity contribution in [1.82, 2.24) is 0 Å². The van der Waals surface area contributed by atoms with Crippen LogP contribution < -0.4 is 0 Å². The maximum atomic E-state index is 13.7. The lowest BCUT2D eigenvalue weighted by atomic mass is 9.53. The van der Waals surface area contributed by atoms with Crippen molar-refractivity contribution in [3.63, 3.8) is 0 Å². The molecule has 11 atom stereocenters. The third kappa shape index (κ3) is 7.57. The molecule has 0 aromatic carbocycles. The summed E-state index contributed by atoms with van der Waals surface area (Å²) in [6.07, 6.45) is -3.01. The number of fused-ring (bicyclic) bond motifs is 2. The summed E-state index contributed by atoms with van der Waals surface area (Å²) >= 11 is 0. The van der Waals surface area contributed by atoms with Gasteiger partial charge in [-0.2, -0.15) is 0 Å². The molecule has 2 unspecified atom stereocenters. The summed E-state index contributed by atoms with van der Waals surface area (Å²) in [5.74, 6) is -6.46. The van der Waals surface area contributed by atoms with Crippen LogP contribution in [-0.4, -0.2) is 104 Å². The van der Waals surface area contributed by atoms with Crippen molar-refractivity contribution in [3.8, 4) is 0 Å². The topological polar surface area (TPSA) is 212 Å². The van der Waals surface area contributed by atoms with Crippen LogP contribution in [0, 0.1) is 11.3 Å². The van der Waals surface area contributed by atoms with Gasteiger partial charge in [0.15, 0.2) is 17.8 Å². The molecule has 4 N–H and O–H groups in total. The van der Waals surface area contributed by atoms with Crippen LogP contribution in [0.2, 0.25) is 0 Å². The van der Waals surface area contributed by atoms with E-state index in [4.69, 9.17) is 23.7 Å². The van der Waals surface area contributed by atoms with Gasteiger partial charge < -0.3 is 44.1 Å². The van der Waals surface area contributed by atoms with Gasteiger partial charge in [-0.1, -0.05) is 58.6 Å². The Bertz CT molecular complexity index is 1340. The summed E-state index contributed by atoms with van der Waals surface area (Å²) in [5.41, 5.74) is -9.59. The van der Waals surface area contributed by atoms with Gasteiger partial charge in [-0.05, 0) is 38.8 Å². The molecule has 1 aliphatic heterocycles. The normalized spacial score (nSPS) is 39.7. The van der Waals surface area contributed by atoms with Crippen LogP contribution in [0.4, 0.5) is 0 Å². The first-order valence-electron chi connectivity index (χ1n) is 16.9. The predicted octanol–water partition coefficient (Wildman–Crippen LogP) is 2.12.